The summed E-state index contributed by atoms with van der Waals surface area (Å²) < 4.78 is 11.9. The quantitative estimate of drug-likeness (QED) is 0.242. The van der Waals surface area contributed by atoms with Crippen molar-refractivity contribution in [1.29, 1.82) is 0 Å². The number of carboxylic acid groups (broad SMARTS) is 1. The van der Waals surface area contributed by atoms with E-state index in [-0.39, 0.29) is 11.8 Å². The summed E-state index contributed by atoms with van der Waals surface area (Å²) >= 11 is 0. The van der Waals surface area contributed by atoms with E-state index in [1.165, 1.54) is 16.7 Å². The number of benzene rings is 3. The van der Waals surface area contributed by atoms with Gasteiger partial charge in [-0.3, -0.25) is 4.79 Å². The lowest BCUT2D eigenvalue weighted by molar-refractivity contribution is -0.142. The molecule has 0 saturated heterocycles. The molecule has 2 unspecified atom stereocenters. The van der Waals surface area contributed by atoms with E-state index in [1.807, 2.05) is 61.5 Å². The molecular formula is C32H33NO4. The highest BCUT2D eigenvalue weighted by molar-refractivity contribution is 5.72. The van der Waals surface area contributed by atoms with Crippen LogP contribution in [0.5, 0.6) is 5.75 Å². The van der Waals surface area contributed by atoms with Gasteiger partial charge in [0.1, 0.15) is 11.5 Å². The molecule has 0 saturated carbocycles. The molecule has 0 radical (unpaired) electrons. The molecule has 1 heterocycles. The molecular weight excluding hydrogens is 462 g/mol. The van der Waals surface area contributed by atoms with Crippen LogP contribution in [0.15, 0.2) is 83.3 Å². The molecule has 3 aromatic carbocycles. The number of aliphatic carboxylic acids is 1. The van der Waals surface area contributed by atoms with Crippen molar-refractivity contribution in [2.45, 2.75) is 51.4 Å². The second-order valence-electron chi connectivity index (χ2n) is 9.81. The predicted molar refractivity (Wildman–Crippen MR) is 144 cm³/mol. The summed E-state index contributed by atoms with van der Waals surface area (Å²) in [6.07, 6.45) is 4.90. The zero-order valence-corrected chi connectivity index (χ0v) is 21.2. The van der Waals surface area contributed by atoms with Gasteiger partial charge in [-0.15, -0.1) is 0 Å². The van der Waals surface area contributed by atoms with Crippen molar-refractivity contribution in [3.05, 3.63) is 107 Å². The maximum atomic E-state index is 12.2. The van der Waals surface area contributed by atoms with Gasteiger partial charge in [0.2, 0.25) is 5.89 Å². The highest BCUT2D eigenvalue weighted by atomic mass is 16.5. The number of rotatable bonds is 11. The first-order valence-corrected chi connectivity index (χ1v) is 13.1. The molecule has 0 aliphatic heterocycles. The Morgan fingerprint density at radius 3 is 2.57 bits per heavy atom. The highest BCUT2D eigenvalue weighted by Crippen LogP contribution is 2.41. The van der Waals surface area contributed by atoms with Gasteiger partial charge < -0.3 is 14.3 Å². The van der Waals surface area contributed by atoms with Crippen molar-refractivity contribution in [3.63, 3.8) is 0 Å². The Kier molecular flexibility index (Phi) is 7.69. The van der Waals surface area contributed by atoms with Crippen molar-refractivity contribution < 1.29 is 19.1 Å². The standard InChI is InChI=1S/C32H33NO4/c1-22-30(33-31(37-22)24-12-6-3-7-13-24)19-20-36-26-16-18-27-25(21-26)15-17-28(27)29(32(34)35)14-8-11-23-9-4-2-5-10-23/h2-7,9-10,12-13,16,18,21,28-29H,8,11,14-15,17,19-20H2,1H3,(H,34,35). The maximum Gasteiger partial charge on any atom is 0.307 e. The smallest absolute Gasteiger partial charge is 0.307 e. The normalized spacial score (nSPS) is 15.3. The second-order valence-corrected chi connectivity index (χ2v) is 9.81. The molecule has 2 atom stereocenters. The molecule has 0 spiro atoms. The first-order valence-electron chi connectivity index (χ1n) is 13.1. The third kappa shape index (κ3) is 5.93. The van der Waals surface area contributed by atoms with Crippen LogP contribution in [0.4, 0.5) is 0 Å². The number of hydrogen-bond acceptors (Lipinski definition) is 4. The Morgan fingerprint density at radius 1 is 1.05 bits per heavy atom. The summed E-state index contributed by atoms with van der Waals surface area (Å²) in [6.45, 7) is 2.43. The summed E-state index contributed by atoms with van der Waals surface area (Å²) in [4.78, 5) is 16.8. The zero-order chi connectivity index (χ0) is 25.6. The Labute approximate surface area is 218 Å². The first-order chi connectivity index (χ1) is 18.1. The lowest BCUT2D eigenvalue weighted by Gasteiger charge is -2.21. The fraction of sp³-hybridized carbons (Fsp3) is 0.312. The SMILES string of the molecule is Cc1oc(-c2ccccc2)nc1CCOc1ccc2c(c1)CCC2C(CCCc1ccccc1)C(=O)O. The highest BCUT2D eigenvalue weighted by Gasteiger charge is 2.34. The van der Waals surface area contributed by atoms with Gasteiger partial charge in [0.05, 0.1) is 18.2 Å². The molecule has 0 fully saturated rings. The number of hydrogen-bond donors (Lipinski definition) is 1. The minimum absolute atomic E-state index is 0.0616. The zero-order valence-electron chi connectivity index (χ0n) is 21.2. The van der Waals surface area contributed by atoms with Crippen LogP contribution in [0.25, 0.3) is 11.5 Å². The van der Waals surface area contributed by atoms with Crippen molar-refractivity contribution >= 4 is 5.97 Å². The largest absolute Gasteiger partial charge is 0.493 e. The van der Waals surface area contributed by atoms with Crippen LogP contribution in [-0.2, 0) is 24.1 Å². The Balaban J connectivity index is 1.18. The van der Waals surface area contributed by atoms with Gasteiger partial charge >= 0.3 is 5.97 Å². The Morgan fingerprint density at radius 2 is 1.81 bits per heavy atom. The van der Waals surface area contributed by atoms with E-state index in [2.05, 4.69) is 29.2 Å². The van der Waals surface area contributed by atoms with Gasteiger partial charge in [-0.1, -0.05) is 54.6 Å². The molecule has 1 aliphatic rings. The number of ether oxygens (including phenoxy) is 1. The molecule has 1 aromatic heterocycles. The van der Waals surface area contributed by atoms with Gasteiger partial charge in [-0.05, 0) is 85.9 Å². The lowest BCUT2D eigenvalue weighted by atomic mass is 9.83. The van der Waals surface area contributed by atoms with Crippen molar-refractivity contribution in [3.8, 4) is 17.2 Å². The Hall–Kier alpha value is -3.86. The fourth-order valence-corrected chi connectivity index (χ4v) is 5.43. The van der Waals surface area contributed by atoms with E-state index < -0.39 is 5.97 Å². The van der Waals surface area contributed by atoms with Crippen LogP contribution < -0.4 is 4.74 Å². The average molecular weight is 496 g/mol. The van der Waals surface area contributed by atoms with Gasteiger partial charge in [-0.25, -0.2) is 4.98 Å². The monoisotopic (exact) mass is 495 g/mol. The third-order valence-electron chi connectivity index (χ3n) is 7.39. The van der Waals surface area contributed by atoms with Gasteiger partial charge in [-0.2, -0.15) is 0 Å². The van der Waals surface area contributed by atoms with E-state index in [4.69, 9.17) is 9.15 Å². The van der Waals surface area contributed by atoms with Crippen LogP contribution in [0.2, 0.25) is 0 Å². The number of fused-ring (bicyclic) bond motifs is 1. The predicted octanol–water partition coefficient (Wildman–Crippen LogP) is 7.03. The summed E-state index contributed by atoms with van der Waals surface area (Å²) in [5.41, 5.74) is 5.50. The second kappa shape index (κ2) is 11.5. The van der Waals surface area contributed by atoms with Crippen LogP contribution >= 0.6 is 0 Å². The number of carboxylic acids is 1. The van der Waals surface area contributed by atoms with Gasteiger partial charge in [0.15, 0.2) is 0 Å². The lowest BCUT2D eigenvalue weighted by Crippen LogP contribution is -2.21. The molecule has 5 nitrogen and oxygen atoms in total. The summed E-state index contributed by atoms with van der Waals surface area (Å²) in [7, 11) is 0. The average Bonchev–Trinajstić information content (AvgIpc) is 3.50. The minimum atomic E-state index is -0.691. The summed E-state index contributed by atoms with van der Waals surface area (Å²) in [5, 5.41) is 9.99. The number of nitrogens with zero attached hydrogens (tertiary/aromatic N) is 1. The molecule has 1 aliphatic carbocycles. The van der Waals surface area contributed by atoms with Gasteiger partial charge in [0, 0.05) is 12.0 Å². The molecule has 1 N–H and O–H groups in total. The number of carbonyl (C=O) groups is 1. The molecule has 190 valence electrons. The number of aromatic nitrogens is 1. The Bertz CT molecular complexity index is 1330. The van der Waals surface area contributed by atoms with Crippen LogP contribution in [0, 0.1) is 12.8 Å². The van der Waals surface area contributed by atoms with Crippen molar-refractivity contribution in [2.75, 3.05) is 6.61 Å². The van der Waals surface area contributed by atoms with E-state index in [9.17, 15) is 9.90 Å². The molecule has 5 heteroatoms. The molecule has 37 heavy (non-hydrogen) atoms. The van der Waals surface area contributed by atoms with E-state index in [0.717, 1.165) is 48.5 Å². The number of oxazole rings is 1. The van der Waals surface area contributed by atoms with Crippen LogP contribution in [0.3, 0.4) is 0 Å². The summed E-state index contributed by atoms with van der Waals surface area (Å²) in [6, 6.07) is 26.3. The molecule has 0 amide bonds. The molecule has 0 bridgehead atoms. The van der Waals surface area contributed by atoms with Crippen LogP contribution in [-0.4, -0.2) is 22.7 Å². The maximum absolute atomic E-state index is 12.2. The molecule has 4 aromatic rings. The van der Waals surface area contributed by atoms with E-state index >= 15 is 0 Å². The topological polar surface area (TPSA) is 72.6 Å². The summed E-state index contributed by atoms with van der Waals surface area (Å²) in [5.74, 6) is 1.28. The fourth-order valence-electron chi connectivity index (χ4n) is 5.43. The van der Waals surface area contributed by atoms with E-state index in [0.29, 0.717) is 25.3 Å². The minimum Gasteiger partial charge on any atom is -0.493 e. The van der Waals surface area contributed by atoms with Crippen LogP contribution in [0.1, 0.15) is 53.3 Å². The molecule has 5 rings (SSSR count). The first kappa shape index (κ1) is 24.8. The van der Waals surface area contributed by atoms with Crippen molar-refractivity contribution in [2.24, 2.45) is 5.92 Å². The number of aryl methyl sites for hydroxylation is 3. The van der Waals surface area contributed by atoms with E-state index in [1.54, 1.807) is 0 Å². The third-order valence-corrected chi connectivity index (χ3v) is 7.39. The van der Waals surface area contributed by atoms with Crippen molar-refractivity contribution in [1.82, 2.24) is 4.98 Å². The van der Waals surface area contributed by atoms with Gasteiger partial charge in [0.25, 0.3) is 0 Å².